The van der Waals surface area contributed by atoms with Gasteiger partial charge in [0, 0.05) is 43.2 Å². The minimum atomic E-state index is -0.785. The SMILES string of the molecule is O=C(CSCc1cccs1)NCC1(O)CCOCC1. The smallest absolute Gasteiger partial charge is 0.230 e. The summed E-state index contributed by atoms with van der Waals surface area (Å²) >= 11 is 3.30. The molecule has 1 saturated heterocycles. The molecule has 2 heterocycles. The van der Waals surface area contributed by atoms with Gasteiger partial charge in [0.15, 0.2) is 0 Å². The zero-order valence-electron chi connectivity index (χ0n) is 10.8. The Morgan fingerprint density at radius 1 is 1.53 bits per heavy atom. The van der Waals surface area contributed by atoms with Crippen LogP contribution in [0.15, 0.2) is 17.5 Å². The molecule has 0 unspecified atom stereocenters. The lowest BCUT2D eigenvalue weighted by Gasteiger charge is -2.32. The number of hydrogen-bond acceptors (Lipinski definition) is 5. The van der Waals surface area contributed by atoms with Crippen molar-refractivity contribution < 1.29 is 14.6 Å². The van der Waals surface area contributed by atoms with Crippen LogP contribution in [0.2, 0.25) is 0 Å². The van der Waals surface area contributed by atoms with Crippen molar-refractivity contribution in [2.75, 3.05) is 25.5 Å². The summed E-state index contributed by atoms with van der Waals surface area (Å²) in [5, 5.41) is 15.0. The summed E-state index contributed by atoms with van der Waals surface area (Å²) in [6.45, 7) is 1.47. The molecule has 4 nitrogen and oxygen atoms in total. The van der Waals surface area contributed by atoms with Crippen LogP contribution in [0, 0.1) is 0 Å². The number of carbonyl (C=O) groups is 1. The summed E-state index contributed by atoms with van der Waals surface area (Å²) in [7, 11) is 0. The van der Waals surface area contributed by atoms with E-state index >= 15 is 0 Å². The van der Waals surface area contributed by atoms with E-state index in [-0.39, 0.29) is 5.91 Å². The van der Waals surface area contributed by atoms with Gasteiger partial charge in [-0.3, -0.25) is 4.79 Å². The summed E-state index contributed by atoms with van der Waals surface area (Å²) in [4.78, 5) is 13.0. The molecule has 19 heavy (non-hydrogen) atoms. The molecule has 0 aromatic carbocycles. The van der Waals surface area contributed by atoms with Gasteiger partial charge in [-0.25, -0.2) is 0 Å². The summed E-state index contributed by atoms with van der Waals surface area (Å²) in [5.41, 5.74) is -0.785. The van der Waals surface area contributed by atoms with Crippen LogP contribution in [0.25, 0.3) is 0 Å². The van der Waals surface area contributed by atoms with Crippen molar-refractivity contribution in [3.05, 3.63) is 22.4 Å². The highest BCUT2D eigenvalue weighted by molar-refractivity contribution is 7.99. The van der Waals surface area contributed by atoms with E-state index in [0.29, 0.717) is 38.4 Å². The van der Waals surface area contributed by atoms with Crippen molar-refractivity contribution >= 4 is 29.0 Å². The van der Waals surface area contributed by atoms with Crippen LogP contribution in [0.1, 0.15) is 17.7 Å². The van der Waals surface area contributed by atoms with Crippen molar-refractivity contribution in [1.29, 1.82) is 0 Å². The zero-order valence-corrected chi connectivity index (χ0v) is 12.4. The number of nitrogens with one attached hydrogen (secondary N) is 1. The van der Waals surface area contributed by atoms with Crippen LogP contribution in [0.3, 0.4) is 0 Å². The fourth-order valence-electron chi connectivity index (χ4n) is 1.88. The van der Waals surface area contributed by atoms with Crippen molar-refractivity contribution in [3.8, 4) is 0 Å². The molecule has 2 N–H and O–H groups in total. The van der Waals surface area contributed by atoms with Crippen LogP contribution in [-0.4, -0.2) is 42.1 Å². The Morgan fingerprint density at radius 2 is 2.32 bits per heavy atom. The molecule has 106 valence electrons. The maximum absolute atomic E-state index is 11.7. The van der Waals surface area contributed by atoms with Crippen LogP contribution in [-0.2, 0) is 15.3 Å². The number of ether oxygens (including phenoxy) is 1. The van der Waals surface area contributed by atoms with Gasteiger partial charge in [0.2, 0.25) is 5.91 Å². The minimum Gasteiger partial charge on any atom is -0.388 e. The van der Waals surface area contributed by atoms with E-state index in [0.717, 1.165) is 5.75 Å². The van der Waals surface area contributed by atoms with Gasteiger partial charge in [-0.2, -0.15) is 0 Å². The second-order valence-electron chi connectivity index (χ2n) is 4.69. The Balaban J connectivity index is 1.61. The molecule has 1 amide bonds. The van der Waals surface area contributed by atoms with Gasteiger partial charge in [0.25, 0.3) is 0 Å². The van der Waals surface area contributed by atoms with E-state index in [1.165, 1.54) is 4.88 Å². The van der Waals surface area contributed by atoms with E-state index in [9.17, 15) is 9.90 Å². The number of amides is 1. The molecule has 0 aliphatic carbocycles. The van der Waals surface area contributed by atoms with Crippen LogP contribution in [0.5, 0.6) is 0 Å². The summed E-state index contributed by atoms with van der Waals surface area (Å²) in [6, 6.07) is 4.08. The van der Waals surface area contributed by atoms with E-state index in [1.54, 1.807) is 23.1 Å². The molecular formula is C13H19NO3S2. The third kappa shape index (κ3) is 5.14. The largest absolute Gasteiger partial charge is 0.388 e. The van der Waals surface area contributed by atoms with Crippen LogP contribution in [0.4, 0.5) is 0 Å². The first-order chi connectivity index (χ1) is 9.18. The van der Waals surface area contributed by atoms with Gasteiger partial charge in [0.1, 0.15) is 0 Å². The Morgan fingerprint density at radius 3 is 3.00 bits per heavy atom. The van der Waals surface area contributed by atoms with Gasteiger partial charge in [-0.15, -0.1) is 23.1 Å². The van der Waals surface area contributed by atoms with E-state index in [1.807, 2.05) is 11.4 Å². The third-order valence-corrected chi connectivity index (χ3v) is 5.14. The summed E-state index contributed by atoms with van der Waals surface area (Å²) in [5.74, 6) is 1.29. The molecule has 0 atom stereocenters. The highest BCUT2D eigenvalue weighted by Gasteiger charge is 2.29. The highest BCUT2D eigenvalue weighted by Crippen LogP contribution is 2.20. The first kappa shape index (κ1) is 14.8. The number of carbonyl (C=O) groups excluding carboxylic acids is 1. The maximum atomic E-state index is 11.7. The van der Waals surface area contributed by atoms with E-state index in [2.05, 4.69) is 11.4 Å². The Labute approximate surface area is 121 Å². The Bertz CT molecular complexity index is 389. The topological polar surface area (TPSA) is 58.6 Å². The molecule has 1 aromatic heterocycles. The molecule has 1 aliphatic heterocycles. The molecule has 6 heteroatoms. The molecule has 1 fully saturated rings. The first-order valence-electron chi connectivity index (χ1n) is 6.35. The predicted molar refractivity (Wildman–Crippen MR) is 78.5 cm³/mol. The number of hydrogen-bond donors (Lipinski definition) is 2. The second kappa shape index (κ2) is 7.28. The zero-order chi connectivity index (χ0) is 13.6. The molecule has 0 radical (unpaired) electrons. The molecule has 1 aliphatic rings. The van der Waals surface area contributed by atoms with Gasteiger partial charge in [-0.1, -0.05) is 6.07 Å². The van der Waals surface area contributed by atoms with E-state index < -0.39 is 5.60 Å². The predicted octanol–water partition coefficient (Wildman–Crippen LogP) is 1.64. The molecule has 0 saturated carbocycles. The fourth-order valence-corrected chi connectivity index (χ4v) is 3.58. The lowest BCUT2D eigenvalue weighted by atomic mass is 9.94. The number of rotatable bonds is 6. The number of aliphatic hydroxyl groups is 1. The standard InChI is InChI=1S/C13H19NO3S2/c15-12(9-18-8-11-2-1-7-19-11)14-10-13(16)3-5-17-6-4-13/h1-2,7,16H,3-6,8-10H2,(H,14,15). The molecule has 2 rings (SSSR count). The average molecular weight is 301 g/mol. The van der Waals surface area contributed by atoms with E-state index in [4.69, 9.17) is 4.74 Å². The van der Waals surface area contributed by atoms with Crippen molar-refractivity contribution in [3.63, 3.8) is 0 Å². The maximum Gasteiger partial charge on any atom is 0.230 e. The lowest BCUT2D eigenvalue weighted by molar-refractivity contribution is -0.121. The highest BCUT2D eigenvalue weighted by atomic mass is 32.2. The second-order valence-corrected chi connectivity index (χ2v) is 6.70. The van der Waals surface area contributed by atoms with Gasteiger partial charge in [-0.05, 0) is 11.4 Å². The normalized spacial score (nSPS) is 18.2. The van der Waals surface area contributed by atoms with Gasteiger partial charge in [0.05, 0.1) is 11.4 Å². The quantitative estimate of drug-likeness (QED) is 0.838. The van der Waals surface area contributed by atoms with Crippen LogP contribution < -0.4 is 5.32 Å². The third-order valence-electron chi connectivity index (χ3n) is 3.10. The average Bonchev–Trinajstić information content (AvgIpc) is 2.91. The molecule has 0 spiro atoms. The van der Waals surface area contributed by atoms with Crippen LogP contribution >= 0.6 is 23.1 Å². The van der Waals surface area contributed by atoms with Crippen molar-refractivity contribution in [2.45, 2.75) is 24.2 Å². The molecular weight excluding hydrogens is 282 g/mol. The lowest BCUT2D eigenvalue weighted by Crippen LogP contribution is -2.47. The minimum absolute atomic E-state index is 0.0125. The number of thioether (sulfide) groups is 1. The monoisotopic (exact) mass is 301 g/mol. The first-order valence-corrected chi connectivity index (χ1v) is 8.38. The Hall–Kier alpha value is -0.560. The number of thiophene rings is 1. The van der Waals surface area contributed by atoms with Crippen molar-refractivity contribution in [2.24, 2.45) is 0 Å². The Kier molecular flexibility index (Phi) is 5.69. The molecule has 1 aromatic rings. The summed E-state index contributed by atoms with van der Waals surface area (Å²) < 4.78 is 5.20. The molecule has 0 bridgehead atoms. The van der Waals surface area contributed by atoms with Crippen molar-refractivity contribution in [1.82, 2.24) is 5.32 Å². The van der Waals surface area contributed by atoms with Gasteiger partial charge < -0.3 is 15.2 Å². The van der Waals surface area contributed by atoms with Gasteiger partial charge >= 0.3 is 0 Å². The fraction of sp³-hybridized carbons (Fsp3) is 0.615. The summed E-state index contributed by atoms with van der Waals surface area (Å²) in [6.07, 6.45) is 1.19.